The molecule has 2 aromatic rings. The summed E-state index contributed by atoms with van der Waals surface area (Å²) in [6.07, 6.45) is -9.51. The minimum absolute atomic E-state index is 0.0930. The predicted octanol–water partition coefficient (Wildman–Crippen LogP) is 4.39. The van der Waals surface area contributed by atoms with Crippen LogP contribution in [0.15, 0.2) is 41.3 Å². The van der Waals surface area contributed by atoms with Crippen molar-refractivity contribution in [2.24, 2.45) is 0 Å². The Morgan fingerprint density at radius 1 is 0.781 bits per heavy atom. The molecule has 0 fully saturated rings. The molecule has 2 aromatic carbocycles. The third-order valence-electron chi connectivity index (χ3n) is 3.60. The first-order valence-corrected chi connectivity index (χ1v) is 10.00. The molecule has 0 bridgehead atoms. The molecular formula is C18H17F6NO6S. The second-order valence-electron chi connectivity index (χ2n) is 6.12. The molecule has 0 aliphatic carbocycles. The number of benzene rings is 2. The number of sulfonamides is 1. The standard InChI is InChI=1S/C18H17F6NO6S/c1-28-13-5-11(6-14(7-13)29-2)25-32(26,27)16-8-12(30-9-17(19,20)21)3-4-15(16)31-10-18(22,23)24/h3-8,25H,9-10H2,1-2H3. The lowest BCUT2D eigenvalue weighted by molar-refractivity contribution is -0.154. The Morgan fingerprint density at radius 3 is 1.81 bits per heavy atom. The van der Waals surface area contributed by atoms with E-state index in [4.69, 9.17) is 9.47 Å². The third-order valence-corrected chi connectivity index (χ3v) is 5.00. The van der Waals surface area contributed by atoms with Gasteiger partial charge in [-0.2, -0.15) is 26.3 Å². The van der Waals surface area contributed by atoms with Crippen LogP contribution in [0.5, 0.6) is 23.0 Å². The zero-order valence-electron chi connectivity index (χ0n) is 16.5. The minimum atomic E-state index is -4.79. The summed E-state index contributed by atoms with van der Waals surface area (Å²) in [5, 5.41) is 0. The predicted molar refractivity (Wildman–Crippen MR) is 99.9 cm³/mol. The maximum absolute atomic E-state index is 12.9. The van der Waals surface area contributed by atoms with Gasteiger partial charge in [0.05, 0.1) is 19.9 Å². The van der Waals surface area contributed by atoms with Crippen LogP contribution in [0, 0.1) is 0 Å². The van der Waals surface area contributed by atoms with Crippen molar-refractivity contribution in [3.05, 3.63) is 36.4 Å². The zero-order chi connectivity index (χ0) is 24.2. The van der Waals surface area contributed by atoms with Crippen LogP contribution in [-0.2, 0) is 10.0 Å². The van der Waals surface area contributed by atoms with Crippen molar-refractivity contribution in [3.63, 3.8) is 0 Å². The molecule has 0 unspecified atom stereocenters. The topological polar surface area (TPSA) is 83.1 Å². The maximum atomic E-state index is 12.9. The first-order chi connectivity index (χ1) is 14.7. The van der Waals surface area contributed by atoms with Crippen molar-refractivity contribution >= 4 is 15.7 Å². The Bertz CT molecular complexity index is 1020. The number of ether oxygens (including phenoxy) is 4. The Hall–Kier alpha value is -3.03. The van der Waals surface area contributed by atoms with Crippen LogP contribution in [0.25, 0.3) is 0 Å². The van der Waals surface area contributed by atoms with Crippen LogP contribution < -0.4 is 23.7 Å². The highest BCUT2D eigenvalue weighted by Crippen LogP contribution is 2.33. The molecule has 0 atom stereocenters. The maximum Gasteiger partial charge on any atom is 0.422 e. The number of halogens is 6. The van der Waals surface area contributed by atoms with Gasteiger partial charge in [-0.15, -0.1) is 0 Å². The second-order valence-corrected chi connectivity index (χ2v) is 7.77. The normalized spacial score (nSPS) is 12.2. The Labute approximate surface area is 178 Å². The lowest BCUT2D eigenvalue weighted by Gasteiger charge is -2.17. The largest absolute Gasteiger partial charge is 0.497 e. The molecule has 0 spiro atoms. The molecule has 1 N–H and O–H groups in total. The van der Waals surface area contributed by atoms with E-state index in [0.717, 1.165) is 12.1 Å². The fraction of sp³-hybridized carbons (Fsp3) is 0.333. The number of nitrogens with one attached hydrogen (secondary N) is 1. The average Bonchev–Trinajstić information content (AvgIpc) is 2.69. The van der Waals surface area contributed by atoms with E-state index >= 15 is 0 Å². The number of alkyl halides is 6. The minimum Gasteiger partial charge on any atom is -0.497 e. The van der Waals surface area contributed by atoms with Gasteiger partial charge in [-0.1, -0.05) is 0 Å². The molecule has 0 heterocycles. The molecule has 0 aromatic heterocycles. The molecule has 0 aliphatic heterocycles. The lowest BCUT2D eigenvalue weighted by Crippen LogP contribution is -2.22. The van der Waals surface area contributed by atoms with Crippen molar-refractivity contribution in [3.8, 4) is 23.0 Å². The van der Waals surface area contributed by atoms with Crippen molar-refractivity contribution < 1.29 is 53.7 Å². The summed E-state index contributed by atoms with van der Waals surface area (Å²) >= 11 is 0. The SMILES string of the molecule is COc1cc(NS(=O)(=O)c2cc(OCC(F)(F)F)ccc2OCC(F)(F)F)cc(OC)c1. The Balaban J connectivity index is 2.45. The van der Waals surface area contributed by atoms with E-state index in [9.17, 15) is 34.8 Å². The van der Waals surface area contributed by atoms with E-state index in [1.165, 1.54) is 32.4 Å². The van der Waals surface area contributed by atoms with E-state index in [1.54, 1.807) is 0 Å². The van der Waals surface area contributed by atoms with Crippen LogP contribution in [0.2, 0.25) is 0 Å². The fourth-order valence-corrected chi connectivity index (χ4v) is 3.51. The van der Waals surface area contributed by atoms with Gasteiger partial charge in [0.1, 0.15) is 27.9 Å². The monoisotopic (exact) mass is 489 g/mol. The molecule has 2 rings (SSSR count). The highest BCUT2D eigenvalue weighted by molar-refractivity contribution is 7.92. The summed E-state index contributed by atoms with van der Waals surface area (Å²) in [5.74, 6) is -0.912. The molecule has 0 saturated carbocycles. The zero-order valence-corrected chi connectivity index (χ0v) is 17.3. The van der Waals surface area contributed by atoms with Crippen LogP contribution in [0.3, 0.4) is 0 Å². The van der Waals surface area contributed by atoms with Gasteiger partial charge in [-0.3, -0.25) is 4.72 Å². The molecule has 0 amide bonds. The molecule has 178 valence electrons. The Morgan fingerprint density at radius 2 is 1.31 bits per heavy atom. The second kappa shape index (κ2) is 9.63. The van der Waals surface area contributed by atoms with Crippen molar-refractivity contribution in [1.29, 1.82) is 0 Å². The molecule has 14 heteroatoms. The van der Waals surface area contributed by atoms with Gasteiger partial charge in [-0.25, -0.2) is 8.42 Å². The van der Waals surface area contributed by atoms with Crippen molar-refractivity contribution in [1.82, 2.24) is 0 Å². The van der Waals surface area contributed by atoms with Crippen molar-refractivity contribution in [2.45, 2.75) is 17.2 Å². The summed E-state index contributed by atoms with van der Waals surface area (Å²) in [6.45, 7) is -3.57. The van der Waals surface area contributed by atoms with Gasteiger partial charge < -0.3 is 18.9 Å². The van der Waals surface area contributed by atoms with Gasteiger partial charge in [-0.05, 0) is 12.1 Å². The molecule has 0 radical (unpaired) electrons. The van der Waals surface area contributed by atoms with Gasteiger partial charge in [0, 0.05) is 24.3 Å². The van der Waals surface area contributed by atoms with E-state index in [1.807, 2.05) is 0 Å². The molecule has 7 nitrogen and oxygen atoms in total. The van der Waals surface area contributed by atoms with Crippen LogP contribution >= 0.6 is 0 Å². The summed E-state index contributed by atoms with van der Waals surface area (Å²) in [6, 6.07) is 6.17. The summed E-state index contributed by atoms with van der Waals surface area (Å²) in [4.78, 5) is -0.872. The van der Waals surface area contributed by atoms with Gasteiger partial charge in [0.15, 0.2) is 13.2 Å². The van der Waals surface area contributed by atoms with Crippen LogP contribution in [0.4, 0.5) is 32.0 Å². The van der Waals surface area contributed by atoms with E-state index in [2.05, 4.69) is 14.2 Å². The summed E-state index contributed by atoms with van der Waals surface area (Å²) in [7, 11) is -2.05. The fourth-order valence-electron chi connectivity index (χ4n) is 2.31. The van der Waals surface area contributed by atoms with Gasteiger partial charge in [0.25, 0.3) is 10.0 Å². The number of hydrogen-bond donors (Lipinski definition) is 1. The number of hydrogen-bond acceptors (Lipinski definition) is 6. The lowest BCUT2D eigenvalue weighted by atomic mass is 10.3. The molecular weight excluding hydrogens is 472 g/mol. The number of methoxy groups -OCH3 is 2. The van der Waals surface area contributed by atoms with Crippen LogP contribution in [0.1, 0.15) is 0 Å². The molecule has 0 aliphatic rings. The molecule has 0 saturated heterocycles. The van der Waals surface area contributed by atoms with Crippen LogP contribution in [-0.4, -0.2) is 48.2 Å². The summed E-state index contributed by atoms with van der Waals surface area (Å²) in [5.41, 5.74) is -0.0930. The highest BCUT2D eigenvalue weighted by atomic mass is 32.2. The van der Waals surface area contributed by atoms with E-state index in [-0.39, 0.29) is 17.2 Å². The number of anilines is 1. The van der Waals surface area contributed by atoms with Crippen molar-refractivity contribution in [2.75, 3.05) is 32.2 Å². The van der Waals surface area contributed by atoms with E-state index < -0.39 is 52.0 Å². The van der Waals surface area contributed by atoms with E-state index in [0.29, 0.717) is 6.07 Å². The first kappa shape index (κ1) is 25.2. The third kappa shape index (κ3) is 7.59. The smallest absolute Gasteiger partial charge is 0.422 e. The van der Waals surface area contributed by atoms with Gasteiger partial charge >= 0.3 is 12.4 Å². The highest BCUT2D eigenvalue weighted by Gasteiger charge is 2.31. The number of rotatable bonds is 9. The Kier molecular flexibility index (Phi) is 7.59. The van der Waals surface area contributed by atoms with Gasteiger partial charge in [0.2, 0.25) is 0 Å². The first-order valence-electron chi connectivity index (χ1n) is 8.51. The average molecular weight is 489 g/mol. The quantitative estimate of drug-likeness (QED) is 0.527. The molecule has 32 heavy (non-hydrogen) atoms. The summed E-state index contributed by atoms with van der Waals surface area (Å²) < 4.78 is 122.